The molecule has 1 aliphatic heterocycles. The van der Waals surface area contributed by atoms with Gasteiger partial charge in [-0.15, -0.1) is 0 Å². The quantitative estimate of drug-likeness (QED) is 0.711. The molecule has 1 aliphatic rings. The van der Waals surface area contributed by atoms with Gasteiger partial charge in [0.2, 0.25) is 5.91 Å². The molecule has 1 saturated heterocycles. The smallest absolute Gasteiger partial charge is 0.219 e. The number of H-pyrrole nitrogens is 1. The van der Waals surface area contributed by atoms with Crippen molar-refractivity contribution in [2.75, 3.05) is 18.4 Å². The van der Waals surface area contributed by atoms with Crippen molar-refractivity contribution >= 4 is 11.7 Å². The Balaban J connectivity index is 1.52. The van der Waals surface area contributed by atoms with E-state index < -0.39 is 0 Å². The summed E-state index contributed by atoms with van der Waals surface area (Å²) >= 11 is 0. The molecule has 6 nitrogen and oxygen atoms in total. The van der Waals surface area contributed by atoms with E-state index in [4.69, 9.17) is 0 Å². The van der Waals surface area contributed by atoms with Crippen LogP contribution >= 0.6 is 0 Å². The minimum absolute atomic E-state index is 0.104. The lowest BCUT2D eigenvalue weighted by Gasteiger charge is -2.14. The molecule has 0 saturated carbocycles. The molecule has 0 aliphatic carbocycles. The zero-order valence-electron chi connectivity index (χ0n) is 15.7. The summed E-state index contributed by atoms with van der Waals surface area (Å²) < 4.78 is 13.8. The number of pyridine rings is 1. The van der Waals surface area contributed by atoms with Crippen molar-refractivity contribution in [1.29, 1.82) is 0 Å². The van der Waals surface area contributed by atoms with Gasteiger partial charge in [-0.1, -0.05) is 18.2 Å². The first-order valence-electron chi connectivity index (χ1n) is 9.34. The van der Waals surface area contributed by atoms with Crippen LogP contribution < -0.4 is 5.32 Å². The zero-order chi connectivity index (χ0) is 19.5. The summed E-state index contributed by atoms with van der Waals surface area (Å²) in [5.74, 6) is 0.778. The van der Waals surface area contributed by atoms with Crippen LogP contribution in [0.15, 0.2) is 48.8 Å². The Morgan fingerprint density at radius 2 is 2.21 bits per heavy atom. The van der Waals surface area contributed by atoms with Crippen molar-refractivity contribution in [3.05, 3.63) is 65.9 Å². The number of nitrogens with zero attached hydrogens (tertiary/aromatic N) is 3. The average Bonchev–Trinajstić information content (AvgIpc) is 3.37. The number of aromatic amines is 1. The van der Waals surface area contributed by atoms with Gasteiger partial charge in [-0.3, -0.25) is 9.89 Å². The van der Waals surface area contributed by atoms with E-state index in [9.17, 15) is 9.18 Å². The van der Waals surface area contributed by atoms with E-state index in [1.807, 2.05) is 29.3 Å². The third kappa shape index (κ3) is 3.74. The molecule has 144 valence electrons. The molecule has 4 rings (SSSR count). The number of nitrogens with one attached hydrogen (secondary N) is 2. The molecule has 7 heteroatoms. The van der Waals surface area contributed by atoms with Crippen LogP contribution in [0.1, 0.15) is 30.5 Å². The molecule has 1 atom stereocenters. The van der Waals surface area contributed by atoms with Crippen LogP contribution in [0.2, 0.25) is 0 Å². The Morgan fingerprint density at radius 3 is 3.00 bits per heavy atom. The van der Waals surface area contributed by atoms with E-state index in [1.54, 1.807) is 25.3 Å². The Morgan fingerprint density at radius 1 is 1.36 bits per heavy atom. The number of carbonyl (C=O) groups excluding carboxylic acids is 1. The molecule has 28 heavy (non-hydrogen) atoms. The molecule has 0 radical (unpaired) electrons. The zero-order valence-corrected chi connectivity index (χ0v) is 15.7. The third-order valence-electron chi connectivity index (χ3n) is 5.20. The summed E-state index contributed by atoms with van der Waals surface area (Å²) in [5, 5.41) is 10.5. The first kappa shape index (κ1) is 18.2. The van der Waals surface area contributed by atoms with Gasteiger partial charge in [-0.25, -0.2) is 9.37 Å². The van der Waals surface area contributed by atoms with E-state index >= 15 is 0 Å². The van der Waals surface area contributed by atoms with Crippen LogP contribution in [0.5, 0.6) is 0 Å². The predicted molar refractivity (Wildman–Crippen MR) is 105 cm³/mol. The van der Waals surface area contributed by atoms with Gasteiger partial charge in [0.15, 0.2) is 0 Å². The summed E-state index contributed by atoms with van der Waals surface area (Å²) in [5.41, 5.74) is 3.62. The summed E-state index contributed by atoms with van der Waals surface area (Å²) in [6.45, 7) is 3.43. The largest absolute Gasteiger partial charge is 0.366 e. The lowest BCUT2D eigenvalue weighted by atomic mass is 9.97. The maximum Gasteiger partial charge on any atom is 0.219 e. The highest BCUT2D eigenvalue weighted by Gasteiger charge is 2.28. The number of anilines is 1. The minimum Gasteiger partial charge on any atom is -0.366 e. The predicted octanol–water partition coefficient (Wildman–Crippen LogP) is 3.56. The fourth-order valence-corrected chi connectivity index (χ4v) is 3.64. The highest BCUT2D eigenvalue weighted by atomic mass is 19.1. The number of rotatable bonds is 5. The fourth-order valence-electron chi connectivity index (χ4n) is 3.64. The standard InChI is InChI=1S/C21H22FN5O/c1-14(28)27-9-7-17(13-27)21-18(12-25-26-21)15-6-8-23-20(10-15)24-11-16-4-2-3-5-19(16)22/h2-6,8,10,12,17H,7,9,11,13H2,1H3,(H,23,24)(H,25,26)/t17-/m0/s1. The first-order valence-corrected chi connectivity index (χ1v) is 9.34. The lowest BCUT2D eigenvalue weighted by molar-refractivity contribution is -0.127. The lowest BCUT2D eigenvalue weighted by Crippen LogP contribution is -2.25. The second-order valence-corrected chi connectivity index (χ2v) is 7.02. The fraction of sp³-hybridized carbons (Fsp3) is 0.286. The van der Waals surface area contributed by atoms with Crippen molar-refractivity contribution in [2.45, 2.75) is 25.8 Å². The maximum absolute atomic E-state index is 13.8. The van der Waals surface area contributed by atoms with Gasteiger partial charge in [0.05, 0.1) is 6.20 Å². The van der Waals surface area contributed by atoms with Gasteiger partial charge in [-0.2, -0.15) is 5.10 Å². The highest BCUT2D eigenvalue weighted by molar-refractivity contribution is 5.74. The Labute approximate surface area is 162 Å². The van der Waals surface area contributed by atoms with Crippen molar-refractivity contribution in [1.82, 2.24) is 20.1 Å². The van der Waals surface area contributed by atoms with Crippen molar-refractivity contribution in [2.24, 2.45) is 0 Å². The molecule has 1 fully saturated rings. The minimum atomic E-state index is -0.237. The number of amides is 1. The summed E-state index contributed by atoms with van der Waals surface area (Å²) in [6, 6.07) is 10.6. The van der Waals surface area contributed by atoms with Gasteiger partial charge >= 0.3 is 0 Å². The van der Waals surface area contributed by atoms with E-state index in [-0.39, 0.29) is 17.6 Å². The summed E-state index contributed by atoms with van der Waals surface area (Å²) in [7, 11) is 0. The molecule has 0 spiro atoms. The van der Waals surface area contributed by atoms with Crippen LogP contribution in [0, 0.1) is 5.82 Å². The van der Waals surface area contributed by atoms with Crippen LogP contribution in [0.25, 0.3) is 11.1 Å². The number of carbonyl (C=O) groups is 1. The molecule has 1 amide bonds. The summed E-state index contributed by atoms with van der Waals surface area (Å²) in [6.07, 6.45) is 4.45. The molecule has 3 aromatic rings. The van der Waals surface area contributed by atoms with E-state index in [0.29, 0.717) is 24.5 Å². The van der Waals surface area contributed by atoms with E-state index in [1.165, 1.54) is 6.07 Å². The number of hydrogen-bond donors (Lipinski definition) is 2. The Bertz CT molecular complexity index is 986. The molecular weight excluding hydrogens is 357 g/mol. The number of likely N-dealkylation sites (tertiary alicyclic amines) is 1. The monoisotopic (exact) mass is 379 g/mol. The van der Waals surface area contributed by atoms with Crippen LogP contribution in [0.3, 0.4) is 0 Å². The molecule has 0 unspecified atom stereocenters. The highest BCUT2D eigenvalue weighted by Crippen LogP contribution is 2.33. The summed E-state index contributed by atoms with van der Waals surface area (Å²) in [4.78, 5) is 17.8. The average molecular weight is 379 g/mol. The van der Waals surface area contributed by atoms with Gasteiger partial charge in [0, 0.05) is 55.5 Å². The second-order valence-electron chi connectivity index (χ2n) is 7.02. The van der Waals surface area contributed by atoms with Gasteiger partial charge in [0.25, 0.3) is 0 Å². The topological polar surface area (TPSA) is 73.9 Å². The molecule has 0 bridgehead atoms. The molecule has 2 aromatic heterocycles. The van der Waals surface area contributed by atoms with Crippen LogP contribution in [-0.2, 0) is 11.3 Å². The van der Waals surface area contributed by atoms with Gasteiger partial charge in [-0.05, 0) is 30.2 Å². The van der Waals surface area contributed by atoms with E-state index in [0.717, 1.165) is 29.8 Å². The molecular formula is C21H22FN5O. The maximum atomic E-state index is 13.8. The van der Waals surface area contributed by atoms with Crippen molar-refractivity contribution in [3.63, 3.8) is 0 Å². The number of benzene rings is 1. The third-order valence-corrected chi connectivity index (χ3v) is 5.20. The van der Waals surface area contributed by atoms with Crippen molar-refractivity contribution < 1.29 is 9.18 Å². The number of aromatic nitrogens is 3. The van der Waals surface area contributed by atoms with Crippen molar-refractivity contribution in [3.8, 4) is 11.1 Å². The normalized spacial score (nSPS) is 16.4. The van der Waals surface area contributed by atoms with Gasteiger partial charge in [0.1, 0.15) is 11.6 Å². The Hall–Kier alpha value is -3.22. The molecule has 3 heterocycles. The van der Waals surface area contributed by atoms with Gasteiger partial charge < -0.3 is 10.2 Å². The Kier molecular flexibility index (Phi) is 5.06. The second kappa shape index (κ2) is 7.80. The SMILES string of the molecule is CC(=O)N1CC[C@H](c2[nH]ncc2-c2ccnc(NCc3ccccc3F)c2)C1. The van der Waals surface area contributed by atoms with E-state index in [2.05, 4.69) is 20.5 Å². The number of hydrogen-bond acceptors (Lipinski definition) is 4. The molecule has 1 aromatic carbocycles. The van der Waals surface area contributed by atoms with Crippen LogP contribution in [0.4, 0.5) is 10.2 Å². The number of halogens is 1. The molecule has 2 N–H and O–H groups in total. The first-order chi connectivity index (χ1) is 13.6. The van der Waals surface area contributed by atoms with Crippen LogP contribution in [-0.4, -0.2) is 39.1 Å².